The summed E-state index contributed by atoms with van der Waals surface area (Å²) in [7, 11) is 1.61. The van der Waals surface area contributed by atoms with Crippen molar-refractivity contribution in [2.75, 3.05) is 7.11 Å². The van der Waals surface area contributed by atoms with Crippen molar-refractivity contribution in [3.8, 4) is 17.3 Å². The van der Waals surface area contributed by atoms with Crippen LogP contribution >= 0.6 is 0 Å². The van der Waals surface area contributed by atoms with Gasteiger partial charge in [0.25, 0.3) is 5.91 Å². The molecular formula is C17H15NO4. The van der Waals surface area contributed by atoms with Crippen molar-refractivity contribution in [2.24, 2.45) is 0 Å². The number of nitrogens with one attached hydrogen (secondary N) is 1. The third kappa shape index (κ3) is 3.03. The highest BCUT2D eigenvalue weighted by Gasteiger charge is 2.13. The van der Waals surface area contributed by atoms with E-state index < -0.39 is 0 Å². The summed E-state index contributed by atoms with van der Waals surface area (Å²) in [6.07, 6.45) is 1.56. The Balaban J connectivity index is 1.64. The van der Waals surface area contributed by atoms with Gasteiger partial charge in [0.1, 0.15) is 5.75 Å². The van der Waals surface area contributed by atoms with Crippen molar-refractivity contribution >= 4 is 5.91 Å². The number of hydrogen-bond donors (Lipinski definition) is 1. The summed E-state index contributed by atoms with van der Waals surface area (Å²) >= 11 is 0. The molecule has 0 atom stereocenters. The van der Waals surface area contributed by atoms with E-state index in [0.29, 0.717) is 18.1 Å². The molecule has 2 heterocycles. The van der Waals surface area contributed by atoms with Gasteiger partial charge in [0.2, 0.25) is 0 Å². The Morgan fingerprint density at radius 2 is 2.05 bits per heavy atom. The third-order valence-corrected chi connectivity index (χ3v) is 3.18. The van der Waals surface area contributed by atoms with Crippen molar-refractivity contribution in [3.63, 3.8) is 0 Å². The van der Waals surface area contributed by atoms with Crippen LogP contribution in [0, 0.1) is 0 Å². The first-order chi connectivity index (χ1) is 10.8. The first-order valence-corrected chi connectivity index (χ1v) is 6.81. The zero-order chi connectivity index (χ0) is 15.4. The molecule has 1 amide bonds. The fourth-order valence-electron chi connectivity index (χ4n) is 2.06. The maximum atomic E-state index is 12.1. The Morgan fingerprint density at radius 3 is 2.82 bits per heavy atom. The largest absolute Gasteiger partial charge is 0.497 e. The minimum Gasteiger partial charge on any atom is -0.497 e. The van der Waals surface area contributed by atoms with Gasteiger partial charge in [-0.1, -0.05) is 12.1 Å². The number of amides is 1. The molecule has 22 heavy (non-hydrogen) atoms. The molecule has 5 nitrogen and oxygen atoms in total. The summed E-state index contributed by atoms with van der Waals surface area (Å²) in [6.45, 7) is 0.396. The van der Waals surface area contributed by atoms with E-state index in [1.54, 1.807) is 37.6 Å². The average Bonchev–Trinajstić information content (AvgIpc) is 3.23. The fraction of sp³-hybridized carbons (Fsp3) is 0.118. The van der Waals surface area contributed by atoms with Gasteiger partial charge in [-0.05, 0) is 42.0 Å². The van der Waals surface area contributed by atoms with Crippen LogP contribution in [0.25, 0.3) is 11.5 Å². The molecule has 0 saturated heterocycles. The van der Waals surface area contributed by atoms with Crippen LogP contribution in [0.5, 0.6) is 5.75 Å². The van der Waals surface area contributed by atoms with Gasteiger partial charge in [-0.2, -0.15) is 0 Å². The molecule has 0 saturated carbocycles. The first-order valence-electron chi connectivity index (χ1n) is 6.81. The monoisotopic (exact) mass is 297 g/mol. The number of ether oxygens (including phenoxy) is 1. The fourth-order valence-corrected chi connectivity index (χ4v) is 2.06. The van der Waals surface area contributed by atoms with Crippen molar-refractivity contribution in [2.45, 2.75) is 6.54 Å². The van der Waals surface area contributed by atoms with Crippen molar-refractivity contribution in [1.82, 2.24) is 5.32 Å². The minimum absolute atomic E-state index is 0.245. The van der Waals surface area contributed by atoms with E-state index in [1.165, 1.54) is 0 Å². The summed E-state index contributed by atoms with van der Waals surface area (Å²) in [5.74, 6) is 1.84. The molecule has 3 aromatic rings. The van der Waals surface area contributed by atoms with Crippen LogP contribution in [0.15, 0.2) is 63.6 Å². The second-order valence-corrected chi connectivity index (χ2v) is 4.68. The number of furan rings is 2. The highest BCUT2D eigenvalue weighted by molar-refractivity contribution is 5.91. The van der Waals surface area contributed by atoms with E-state index in [0.717, 1.165) is 11.3 Å². The number of carbonyl (C=O) groups excluding carboxylic acids is 1. The number of methoxy groups -OCH3 is 1. The van der Waals surface area contributed by atoms with Crippen LogP contribution in [0.3, 0.4) is 0 Å². The van der Waals surface area contributed by atoms with Crippen LogP contribution in [-0.4, -0.2) is 13.0 Å². The quantitative estimate of drug-likeness (QED) is 0.783. The molecule has 0 unspecified atom stereocenters. The molecule has 112 valence electrons. The van der Waals surface area contributed by atoms with E-state index >= 15 is 0 Å². The van der Waals surface area contributed by atoms with E-state index in [-0.39, 0.29) is 11.7 Å². The minimum atomic E-state index is -0.277. The lowest BCUT2D eigenvalue weighted by molar-refractivity contribution is 0.0924. The Hall–Kier alpha value is -2.95. The molecule has 0 aliphatic carbocycles. The smallest absolute Gasteiger partial charge is 0.287 e. The number of carbonyl (C=O) groups is 1. The zero-order valence-electron chi connectivity index (χ0n) is 12.0. The molecule has 5 heteroatoms. The molecule has 0 aliphatic rings. The average molecular weight is 297 g/mol. The topological polar surface area (TPSA) is 64.6 Å². The van der Waals surface area contributed by atoms with Gasteiger partial charge in [-0.15, -0.1) is 0 Å². The summed E-state index contributed by atoms with van der Waals surface area (Å²) in [6, 6.07) is 14.4. The van der Waals surface area contributed by atoms with Gasteiger partial charge in [0, 0.05) is 6.54 Å². The van der Waals surface area contributed by atoms with Crippen molar-refractivity contribution in [1.29, 1.82) is 0 Å². The lowest BCUT2D eigenvalue weighted by atomic mass is 10.2. The van der Waals surface area contributed by atoms with Gasteiger partial charge in [-0.25, -0.2) is 0 Å². The molecular weight excluding hydrogens is 282 g/mol. The molecule has 0 aliphatic heterocycles. The van der Waals surface area contributed by atoms with Gasteiger partial charge < -0.3 is 18.9 Å². The summed E-state index contributed by atoms with van der Waals surface area (Å²) in [4.78, 5) is 12.1. The Labute approximate surface area is 127 Å². The zero-order valence-corrected chi connectivity index (χ0v) is 12.0. The van der Waals surface area contributed by atoms with E-state index in [1.807, 2.05) is 24.3 Å². The normalized spacial score (nSPS) is 10.4. The van der Waals surface area contributed by atoms with Crippen LogP contribution < -0.4 is 10.1 Å². The highest BCUT2D eigenvalue weighted by atomic mass is 16.5. The molecule has 1 N–H and O–H groups in total. The second-order valence-electron chi connectivity index (χ2n) is 4.68. The molecule has 0 spiro atoms. The number of hydrogen-bond acceptors (Lipinski definition) is 4. The van der Waals surface area contributed by atoms with Crippen molar-refractivity contribution < 1.29 is 18.4 Å². The van der Waals surface area contributed by atoms with Gasteiger partial charge in [0.15, 0.2) is 17.3 Å². The number of benzene rings is 1. The molecule has 0 bridgehead atoms. The van der Waals surface area contributed by atoms with Crippen LogP contribution in [-0.2, 0) is 6.54 Å². The second kappa shape index (κ2) is 6.22. The lowest BCUT2D eigenvalue weighted by Crippen LogP contribution is -2.22. The maximum Gasteiger partial charge on any atom is 0.287 e. The van der Waals surface area contributed by atoms with Crippen molar-refractivity contribution in [3.05, 3.63) is 66.1 Å². The van der Waals surface area contributed by atoms with E-state index in [9.17, 15) is 4.79 Å². The maximum absolute atomic E-state index is 12.1. The van der Waals surface area contributed by atoms with Crippen LogP contribution in [0.4, 0.5) is 0 Å². The SMILES string of the molecule is COc1cccc(CNC(=O)c2ccc(-c3ccco3)o2)c1. The lowest BCUT2D eigenvalue weighted by Gasteiger charge is -2.05. The van der Waals surface area contributed by atoms with Gasteiger partial charge in [-0.3, -0.25) is 4.79 Å². The molecule has 0 fully saturated rings. The van der Waals surface area contributed by atoms with Gasteiger partial charge >= 0.3 is 0 Å². The highest BCUT2D eigenvalue weighted by Crippen LogP contribution is 2.22. The third-order valence-electron chi connectivity index (χ3n) is 3.18. The molecule has 1 aromatic carbocycles. The molecule has 2 aromatic heterocycles. The van der Waals surface area contributed by atoms with Crippen LogP contribution in [0.1, 0.15) is 16.1 Å². The van der Waals surface area contributed by atoms with Crippen LogP contribution in [0.2, 0.25) is 0 Å². The van der Waals surface area contributed by atoms with E-state index in [4.69, 9.17) is 13.6 Å². The first kappa shape index (κ1) is 14.0. The number of rotatable bonds is 5. The van der Waals surface area contributed by atoms with E-state index in [2.05, 4.69) is 5.32 Å². The summed E-state index contributed by atoms with van der Waals surface area (Å²) in [5, 5.41) is 2.81. The molecule has 0 radical (unpaired) electrons. The molecule has 3 rings (SSSR count). The van der Waals surface area contributed by atoms with Gasteiger partial charge in [0.05, 0.1) is 13.4 Å². The Bertz CT molecular complexity index is 759. The Kier molecular flexibility index (Phi) is 3.96. The Morgan fingerprint density at radius 1 is 1.14 bits per heavy atom. The predicted octanol–water partition coefficient (Wildman–Crippen LogP) is 3.48. The summed E-state index contributed by atoms with van der Waals surface area (Å²) < 4.78 is 15.9. The predicted molar refractivity (Wildman–Crippen MR) is 80.6 cm³/mol. The summed E-state index contributed by atoms with van der Waals surface area (Å²) in [5.41, 5.74) is 0.950. The standard InChI is InChI=1S/C17H15NO4/c1-20-13-5-2-4-12(10-13)11-18-17(19)16-8-7-15(22-16)14-6-3-9-21-14/h2-10H,11H2,1H3,(H,18,19).